The smallest absolute Gasteiger partial charge is 0.0110 e. The van der Waals surface area contributed by atoms with Crippen LogP contribution in [0.5, 0.6) is 0 Å². The quantitative estimate of drug-likeness (QED) is 0.570. The van der Waals surface area contributed by atoms with E-state index in [0.29, 0.717) is 12.0 Å². The third-order valence-electron chi connectivity index (χ3n) is 4.86. The number of nitrogens with one attached hydrogen (secondary N) is 1. The first kappa shape index (κ1) is 18.5. The molecule has 0 heterocycles. The van der Waals surface area contributed by atoms with E-state index in [1.807, 2.05) is 0 Å². The number of hydrogen-bond donors (Lipinski definition) is 1. The molecule has 0 radical (unpaired) electrons. The maximum absolute atomic E-state index is 4.26. The van der Waals surface area contributed by atoms with Crippen LogP contribution in [-0.4, -0.2) is 13.1 Å². The fourth-order valence-corrected chi connectivity index (χ4v) is 3.21. The monoisotopic (exact) mass is 321 g/mol. The van der Waals surface area contributed by atoms with Crippen molar-refractivity contribution in [1.82, 2.24) is 5.32 Å². The van der Waals surface area contributed by atoms with E-state index in [9.17, 15) is 0 Å². The second-order valence-electron chi connectivity index (χ2n) is 6.80. The lowest BCUT2D eigenvalue weighted by Gasteiger charge is -2.22. The topological polar surface area (TPSA) is 12.0 Å². The van der Waals surface area contributed by atoms with Crippen LogP contribution in [-0.2, 0) is 6.42 Å². The Morgan fingerprint density at radius 1 is 1.00 bits per heavy atom. The van der Waals surface area contributed by atoms with Gasteiger partial charge >= 0.3 is 0 Å². The number of hydrogen-bond acceptors (Lipinski definition) is 1. The molecule has 0 aromatic heterocycles. The Morgan fingerprint density at radius 3 is 2.21 bits per heavy atom. The van der Waals surface area contributed by atoms with Crippen LogP contribution in [0.4, 0.5) is 0 Å². The van der Waals surface area contributed by atoms with Crippen molar-refractivity contribution in [3.05, 3.63) is 72.3 Å². The van der Waals surface area contributed by atoms with Gasteiger partial charge in [-0.1, -0.05) is 87.0 Å². The summed E-state index contributed by atoms with van der Waals surface area (Å²) in [5.41, 5.74) is 5.34. The zero-order valence-electron chi connectivity index (χ0n) is 15.4. The Hall–Kier alpha value is -1.86. The maximum atomic E-state index is 4.26. The molecule has 0 aliphatic rings. The van der Waals surface area contributed by atoms with Gasteiger partial charge in [-0.15, -0.1) is 0 Å². The van der Waals surface area contributed by atoms with Gasteiger partial charge in [0.1, 0.15) is 0 Å². The minimum absolute atomic E-state index is 0.496. The first-order valence-electron chi connectivity index (χ1n) is 9.13. The highest BCUT2D eigenvalue weighted by Crippen LogP contribution is 2.23. The lowest BCUT2D eigenvalue weighted by molar-refractivity contribution is 0.447. The zero-order chi connectivity index (χ0) is 17.4. The van der Waals surface area contributed by atoms with Crippen molar-refractivity contribution in [3.63, 3.8) is 0 Å². The van der Waals surface area contributed by atoms with Gasteiger partial charge in [0, 0.05) is 6.04 Å². The Morgan fingerprint density at radius 2 is 1.62 bits per heavy atom. The molecule has 0 aliphatic carbocycles. The van der Waals surface area contributed by atoms with Crippen molar-refractivity contribution < 1.29 is 0 Å². The van der Waals surface area contributed by atoms with Gasteiger partial charge in [0.15, 0.2) is 0 Å². The van der Waals surface area contributed by atoms with Crippen LogP contribution in [0.15, 0.2) is 66.7 Å². The van der Waals surface area contributed by atoms with Crippen LogP contribution in [0, 0.1) is 5.92 Å². The Balaban J connectivity index is 1.97. The molecule has 0 aliphatic heterocycles. The van der Waals surface area contributed by atoms with Crippen molar-refractivity contribution in [2.24, 2.45) is 5.92 Å². The zero-order valence-corrected chi connectivity index (χ0v) is 15.4. The molecule has 1 heteroatoms. The van der Waals surface area contributed by atoms with Gasteiger partial charge in [0.25, 0.3) is 0 Å². The third-order valence-corrected chi connectivity index (χ3v) is 4.86. The molecule has 2 aromatic rings. The summed E-state index contributed by atoms with van der Waals surface area (Å²) in [7, 11) is 2.07. The summed E-state index contributed by atoms with van der Waals surface area (Å²) in [5, 5.41) is 3.48. The summed E-state index contributed by atoms with van der Waals surface area (Å²) in [4.78, 5) is 0. The standard InChI is InChI=1S/C23H31N/c1-5-9-18(2)19(3)16-23(24-4)17-20-12-14-22(15-13-20)21-10-7-6-8-11-21/h6-8,10-15,19,23-24H,2,5,9,16-17H2,1,3-4H3/t19-,23?/m1/s1. The fraction of sp³-hybridized carbons (Fsp3) is 0.391. The molecule has 24 heavy (non-hydrogen) atoms. The first-order valence-corrected chi connectivity index (χ1v) is 9.13. The maximum Gasteiger partial charge on any atom is 0.0110 e. The summed E-state index contributed by atoms with van der Waals surface area (Å²) >= 11 is 0. The largest absolute Gasteiger partial charge is 0.317 e. The van der Waals surface area contributed by atoms with Crippen LogP contribution in [0.1, 0.15) is 38.7 Å². The van der Waals surface area contributed by atoms with Crippen molar-refractivity contribution >= 4 is 0 Å². The van der Waals surface area contributed by atoms with E-state index < -0.39 is 0 Å². The SMILES string of the molecule is C=C(CCC)[C@H](C)CC(Cc1ccc(-c2ccccc2)cc1)NC. The van der Waals surface area contributed by atoms with Gasteiger partial charge in [-0.25, -0.2) is 0 Å². The highest BCUT2D eigenvalue weighted by Gasteiger charge is 2.14. The van der Waals surface area contributed by atoms with Crippen molar-refractivity contribution in [2.45, 2.75) is 45.6 Å². The number of allylic oxidation sites excluding steroid dienone is 1. The summed E-state index contributed by atoms with van der Waals surface area (Å²) < 4.78 is 0. The van der Waals surface area contributed by atoms with Crippen molar-refractivity contribution in [2.75, 3.05) is 7.05 Å². The summed E-state index contributed by atoms with van der Waals surface area (Å²) in [6.07, 6.45) is 4.54. The van der Waals surface area contributed by atoms with E-state index in [4.69, 9.17) is 0 Å². The van der Waals surface area contributed by atoms with Gasteiger partial charge in [0.05, 0.1) is 0 Å². The van der Waals surface area contributed by atoms with E-state index in [1.54, 1.807) is 0 Å². The summed E-state index contributed by atoms with van der Waals surface area (Å²) in [6, 6.07) is 20.0. The van der Waals surface area contributed by atoms with E-state index >= 15 is 0 Å². The molecular formula is C23H31N. The van der Waals surface area contributed by atoms with E-state index in [-0.39, 0.29) is 0 Å². The minimum Gasteiger partial charge on any atom is -0.317 e. The fourth-order valence-electron chi connectivity index (χ4n) is 3.21. The number of rotatable bonds is 9. The lowest BCUT2D eigenvalue weighted by atomic mass is 9.89. The van der Waals surface area contributed by atoms with Crippen LogP contribution >= 0.6 is 0 Å². The predicted molar refractivity (Wildman–Crippen MR) is 106 cm³/mol. The molecule has 2 atom stereocenters. The average Bonchev–Trinajstić information content (AvgIpc) is 2.62. The van der Waals surface area contributed by atoms with Crippen molar-refractivity contribution in [3.8, 4) is 11.1 Å². The molecule has 1 N–H and O–H groups in total. The highest BCUT2D eigenvalue weighted by molar-refractivity contribution is 5.63. The molecule has 1 nitrogen and oxygen atoms in total. The second kappa shape index (κ2) is 9.44. The first-order chi connectivity index (χ1) is 11.6. The number of likely N-dealkylation sites (N-methyl/N-ethyl adjacent to an activating group) is 1. The van der Waals surface area contributed by atoms with E-state index in [1.165, 1.54) is 28.7 Å². The van der Waals surface area contributed by atoms with Gasteiger partial charge in [-0.2, -0.15) is 0 Å². The Bertz CT molecular complexity index is 612. The highest BCUT2D eigenvalue weighted by atomic mass is 14.9. The van der Waals surface area contributed by atoms with Gasteiger partial charge < -0.3 is 5.32 Å². The van der Waals surface area contributed by atoms with Crippen LogP contribution in [0.3, 0.4) is 0 Å². The second-order valence-corrected chi connectivity index (χ2v) is 6.80. The molecule has 2 rings (SSSR count). The van der Waals surface area contributed by atoms with Crippen molar-refractivity contribution in [1.29, 1.82) is 0 Å². The molecule has 0 saturated carbocycles. The van der Waals surface area contributed by atoms with Crippen LogP contribution in [0.2, 0.25) is 0 Å². The predicted octanol–water partition coefficient (Wildman–Crippen LogP) is 5.87. The molecular weight excluding hydrogens is 290 g/mol. The molecule has 0 spiro atoms. The molecule has 128 valence electrons. The Kier molecular flexibility index (Phi) is 7.27. The van der Waals surface area contributed by atoms with Gasteiger partial charge in [-0.3, -0.25) is 0 Å². The average molecular weight is 322 g/mol. The molecule has 0 bridgehead atoms. The molecule has 2 aromatic carbocycles. The summed E-state index contributed by atoms with van der Waals surface area (Å²) in [6.45, 7) is 8.79. The normalized spacial score (nSPS) is 13.5. The Labute approximate surface area is 147 Å². The van der Waals surface area contributed by atoms with E-state index in [0.717, 1.165) is 19.3 Å². The third kappa shape index (κ3) is 5.35. The molecule has 0 fully saturated rings. The molecule has 1 unspecified atom stereocenters. The number of benzene rings is 2. The lowest BCUT2D eigenvalue weighted by Crippen LogP contribution is -2.30. The van der Waals surface area contributed by atoms with Crippen LogP contribution in [0.25, 0.3) is 11.1 Å². The molecule has 0 amide bonds. The van der Waals surface area contributed by atoms with E-state index in [2.05, 4.69) is 87.4 Å². The van der Waals surface area contributed by atoms with Gasteiger partial charge in [-0.05, 0) is 48.9 Å². The summed E-state index contributed by atoms with van der Waals surface area (Å²) in [5.74, 6) is 0.575. The van der Waals surface area contributed by atoms with Crippen LogP contribution < -0.4 is 5.32 Å². The molecule has 0 saturated heterocycles. The minimum atomic E-state index is 0.496. The van der Waals surface area contributed by atoms with Gasteiger partial charge in [0.2, 0.25) is 0 Å².